The van der Waals surface area contributed by atoms with E-state index in [0.717, 1.165) is 28.3 Å². The molecule has 6 heteroatoms. The van der Waals surface area contributed by atoms with E-state index in [4.69, 9.17) is 4.52 Å². The standard InChI is InChI=1S/C21H20N4O2/c1-14-7-6-10-20-23-17(13-25(14)20)12-22-21(26)19-11-18(24-27-19)15(2)16-8-4-3-5-9-16/h3-11,13,15H,12H2,1-2H3,(H,22,26)/t15-/m1/s1. The predicted molar refractivity (Wildman–Crippen MR) is 102 cm³/mol. The molecule has 0 radical (unpaired) electrons. The van der Waals surface area contributed by atoms with Gasteiger partial charge in [0.15, 0.2) is 0 Å². The molecule has 1 aromatic carbocycles. The summed E-state index contributed by atoms with van der Waals surface area (Å²) in [6.07, 6.45) is 1.92. The van der Waals surface area contributed by atoms with Crippen LogP contribution in [0.2, 0.25) is 0 Å². The van der Waals surface area contributed by atoms with E-state index in [2.05, 4.69) is 15.5 Å². The molecule has 4 aromatic rings. The van der Waals surface area contributed by atoms with Gasteiger partial charge in [-0.3, -0.25) is 4.79 Å². The number of aryl methyl sites for hydroxylation is 1. The average molecular weight is 360 g/mol. The number of rotatable bonds is 5. The molecule has 136 valence electrons. The minimum Gasteiger partial charge on any atom is -0.351 e. The Morgan fingerprint density at radius 1 is 1.19 bits per heavy atom. The van der Waals surface area contributed by atoms with Gasteiger partial charge in [-0.2, -0.15) is 0 Å². The fourth-order valence-electron chi connectivity index (χ4n) is 3.05. The first-order valence-electron chi connectivity index (χ1n) is 8.85. The summed E-state index contributed by atoms with van der Waals surface area (Å²) in [5.74, 6) is -0.0477. The SMILES string of the molecule is Cc1cccc2nc(CNC(=O)c3cc([C@H](C)c4ccccc4)no3)cn12. The molecule has 0 aliphatic rings. The molecule has 1 atom stereocenters. The Labute approximate surface area is 156 Å². The van der Waals surface area contributed by atoms with E-state index in [9.17, 15) is 4.79 Å². The number of fused-ring (bicyclic) bond motifs is 1. The molecule has 0 spiro atoms. The van der Waals surface area contributed by atoms with Crippen LogP contribution < -0.4 is 5.32 Å². The fourth-order valence-corrected chi connectivity index (χ4v) is 3.05. The highest BCUT2D eigenvalue weighted by Crippen LogP contribution is 2.23. The van der Waals surface area contributed by atoms with E-state index in [1.807, 2.05) is 73.0 Å². The summed E-state index contributed by atoms with van der Waals surface area (Å²) >= 11 is 0. The third-order valence-electron chi connectivity index (χ3n) is 4.67. The molecule has 0 saturated carbocycles. The predicted octanol–water partition coefficient (Wildman–Crippen LogP) is 3.71. The smallest absolute Gasteiger partial charge is 0.290 e. The lowest BCUT2D eigenvalue weighted by atomic mass is 9.98. The van der Waals surface area contributed by atoms with Crippen molar-refractivity contribution < 1.29 is 9.32 Å². The van der Waals surface area contributed by atoms with Crippen molar-refractivity contribution in [3.63, 3.8) is 0 Å². The zero-order chi connectivity index (χ0) is 18.8. The molecule has 0 aliphatic heterocycles. The van der Waals surface area contributed by atoms with Crippen LogP contribution in [0, 0.1) is 6.92 Å². The van der Waals surface area contributed by atoms with Crippen molar-refractivity contribution in [1.29, 1.82) is 0 Å². The molecule has 0 fully saturated rings. The van der Waals surface area contributed by atoms with Crippen molar-refractivity contribution in [3.8, 4) is 0 Å². The highest BCUT2D eigenvalue weighted by atomic mass is 16.5. The summed E-state index contributed by atoms with van der Waals surface area (Å²) in [7, 11) is 0. The van der Waals surface area contributed by atoms with Crippen LogP contribution in [0.15, 0.2) is 65.3 Å². The number of nitrogens with one attached hydrogen (secondary N) is 1. The molecule has 4 rings (SSSR count). The summed E-state index contributed by atoms with van der Waals surface area (Å²) in [5.41, 5.74) is 4.59. The minimum absolute atomic E-state index is 0.0536. The second kappa shape index (κ2) is 7.07. The average Bonchev–Trinajstić information content (AvgIpc) is 3.34. The molecule has 6 nitrogen and oxygen atoms in total. The lowest BCUT2D eigenvalue weighted by Gasteiger charge is -2.06. The number of carbonyl (C=O) groups excluding carboxylic acids is 1. The van der Waals surface area contributed by atoms with Crippen LogP contribution in [0.25, 0.3) is 5.65 Å². The van der Waals surface area contributed by atoms with E-state index >= 15 is 0 Å². The third kappa shape index (κ3) is 3.46. The molecule has 3 aromatic heterocycles. The first-order chi connectivity index (χ1) is 13.1. The van der Waals surface area contributed by atoms with E-state index in [0.29, 0.717) is 6.54 Å². The number of imidazole rings is 1. The van der Waals surface area contributed by atoms with Gasteiger partial charge in [-0.1, -0.05) is 48.5 Å². The quantitative estimate of drug-likeness (QED) is 0.589. The summed E-state index contributed by atoms with van der Waals surface area (Å²) in [6.45, 7) is 4.37. The van der Waals surface area contributed by atoms with Crippen molar-refractivity contribution in [1.82, 2.24) is 19.9 Å². The zero-order valence-corrected chi connectivity index (χ0v) is 15.2. The number of aromatic nitrogens is 3. The Balaban J connectivity index is 1.44. The molecule has 0 unspecified atom stereocenters. The molecule has 3 heterocycles. The summed E-state index contributed by atoms with van der Waals surface area (Å²) in [5, 5.41) is 6.90. The lowest BCUT2D eigenvalue weighted by Crippen LogP contribution is -2.22. The number of nitrogens with zero attached hydrogens (tertiary/aromatic N) is 3. The highest BCUT2D eigenvalue weighted by Gasteiger charge is 2.18. The maximum atomic E-state index is 12.4. The van der Waals surface area contributed by atoms with Crippen molar-refractivity contribution in [2.45, 2.75) is 26.3 Å². The van der Waals surface area contributed by atoms with Crippen molar-refractivity contribution in [2.24, 2.45) is 0 Å². The number of benzene rings is 1. The van der Waals surface area contributed by atoms with Gasteiger partial charge in [-0.25, -0.2) is 4.98 Å². The lowest BCUT2D eigenvalue weighted by molar-refractivity contribution is 0.0913. The summed E-state index contributed by atoms with van der Waals surface area (Å²) < 4.78 is 7.24. The minimum atomic E-state index is -0.303. The van der Waals surface area contributed by atoms with Gasteiger partial charge in [0.05, 0.1) is 17.9 Å². The van der Waals surface area contributed by atoms with Crippen LogP contribution in [-0.4, -0.2) is 20.4 Å². The van der Waals surface area contributed by atoms with Gasteiger partial charge in [0.2, 0.25) is 5.76 Å². The van der Waals surface area contributed by atoms with Gasteiger partial charge in [0.25, 0.3) is 5.91 Å². The number of pyridine rings is 1. The summed E-state index contributed by atoms with van der Waals surface area (Å²) in [6, 6.07) is 17.6. The van der Waals surface area contributed by atoms with Crippen molar-refractivity contribution in [3.05, 3.63) is 89.2 Å². The van der Waals surface area contributed by atoms with Crippen LogP contribution in [0.1, 0.15) is 46.0 Å². The van der Waals surface area contributed by atoms with Crippen LogP contribution in [0.3, 0.4) is 0 Å². The zero-order valence-electron chi connectivity index (χ0n) is 15.2. The summed E-state index contributed by atoms with van der Waals surface area (Å²) in [4.78, 5) is 16.9. The second-order valence-electron chi connectivity index (χ2n) is 6.56. The third-order valence-corrected chi connectivity index (χ3v) is 4.67. The highest BCUT2D eigenvalue weighted by molar-refractivity contribution is 5.91. The van der Waals surface area contributed by atoms with Gasteiger partial charge in [-0.05, 0) is 24.6 Å². The monoisotopic (exact) mass is 360 g/mol. The van der Waals surface area contributed by atoms with Gasteiger partial charge in [0.1, 0.15) is 5.65 Å². The Morgan fingerprint density at radius 3 is 2.78 bits per heavy atom. The van der Waals surface area contributed by atoms with Crippen molar-refractivity contribution in [2.75, 3.05) is 0 Å². The van der Waals surface area contributed by atoms with E-state index in [-0.39, 0.29) is 17.6 Å². The Bertz CT molecular complexity index is 1080. The van der Waals surface area contributed by atoms with Gasteiger partial charge in [-0.15, -0.1) is 0 Å². The molecular formula is C21H20N4O2. The number of hydrogen-bond donors (Lipinski definition) is 1. The maximum Gasteiger partial charge on any atom is 0.290 e. The fraction of sp³-hybridized carbons (Fsp3) is 0.190. The number of carbonyl (C=O) groups is 1. The van der Waals surface area contributed by atoms with Crippen LogP contribution in [-0.2, 0) is 6.54 Å². The normalized spacial score (nSPS) is 12.2. The van der Waals surface area contributed by atoms with Crippen LogP contribution >= 0.6 is 0 Å². The van der Waals surface area contributed by atoms with E-state index in [1.54, 1.807) is 6.07 Å². The van der Waals surface area contributed by atoms with Crippen molar-refractivity contribution >= 4 is 11.6 Å². The maximum absolute atomic E-state index is 12.4. The van der Waals surface area contributed by atoms with Gasteiger partial charge < -0.3 is 14.2 Å². The molecule has 1 N–H and O–H groups in total. The molecule has 1 amide bonds. The van der Waals surface area contributed by atoms with Gasteiger partial charge in [0, 0.05) is 23.9 Å². The van der Waals surface area contributed by atoms with Crippen LogP contribution in [0.5, 0.6) is 0 Å². The number of hydrogen-bond acceptors (Lipinski definition) is 4. The van der Waals surface area contributed by atoms with E-state index in [1.165, 1.54) is 0 Å². The molecule has 0 aliphatic carbocycles. The second-order valence-corrected chi connectivity index (χ2v) is 6.56. The van der Waals surface area contributed by atoms with E-state index < -0.39 is 0 Å². The van der Waals surface area contributed by atoms with Gasteiger partial charge >= 0.3 is 0 Å². The first kappa shape index (κ1) is 17.0. The molecule has 0 bridgehead atoms. The molecule has 0 saturated heterocycles. The molecule has 27 heavy (non-hydrogen) atoms. The van der Waals surface area contributed by atoms with Crippen LogP contribution in [0.4, 0.5) is 0 Å². The molecular weight excluding hydrogens is 340 g/mol. The Kier molecular flexibility index (Phi) is 4.46. The number of amides is 1. The Hall–Kier alpha value is -3.41. The first-order valence-corrected chi connectivity index (χ1v) is 8.85. The largest absolute Gasteiger partial charge is 0.351 e. The topological polar surface area (TPSA) is 72.4 Å². The Morgan fingerprint density at radius 2 is 2.00 bits per heavy atom.